The standard InChI is InChI=1S/C18H29NO/c1-12-7-6-8-15(9-12)18(19-4)16-10-14(3)17(20-5)11-13(16)2/h10-12,15,18-19H,6-9H2,1-5H3. The summed E-state index contributed by atoms with van der Waals surface area (Å²) in [4.78, 5) is 0. The molecule has 20 heavy (non-hydrogen) atoms. The first kappa shape index (κ1) is 15.4. The molecule has 0 saturated heterocycles. The van der Waals surface area contributed by atoms with Gasteiger partial charge in [-0.2, -0.15) is 0 Å². The molecule has 1 saturated carbocycles. The Morgan fingerprint density at radius 3 is 2.55 bits per heavy atom. The molecule has 0 radical (unpaired) electrons. The number of benzene rings is 1. The van der Waals surface area contributed by atoms with Crippen LogP contribution >= 0.6 is 0 Å². The van der Waals surface area contributed by atoms with Gasteiger partial charge in [0.2, 0.25) is 0 Å². The summed E-state index contributed by atoms with van der Waals surface area (Å²) in [5.41, 5.74) is 4.02. The monoisotopic (exact) mass is 275 g/mol. The lowest BCUT2D eigenvalue weighted by atomic mass is 9.76. The highest BCUT2D eigenvalue weighted by molar-refractivity contribution is 5.43. The minimum atomic E-state index is 0.474. The zero-order valence-corrected chi connectivity index (χ0v) is 13.6. The van der Waals surface area contributed by atoms with Gasteiger partial charge in [-0.25, -0.2) is 0 Å². The van der Waals surface area contributed by atoms with Crippen LogP contribution in [0.3, 0.4) is 0 Å². The largest absolute Gasteiger partial charge is 0.496 e. The molecule has 1 aromatic rings. The summed E-state index contributed by atoms with van der Waals surface area (Å²) < 4.78 is 5.44. The Balaban J connectivity index is 2.29. The van der Waals surface area contributed by atoms with E-state index in [9.17, 15) is 0 Å². The second kappa shape index (κ2) is 6.62. The Labute approximate surface area is 123 Å². The molecule has 0 heterocycles. The Morgan fingerprint density at radius 1 is 1.20 bits per heavy atom. The number of hydrogen-bond acceptors (Lipinski definition) is 2. The van der Waals surface area contributed by atoms with Crippen LogP contribution in [0.15, 0.2) is 12.1 Å². The zero-order valence-electron chi connectivity index (χ0n) is 13.6. The fourth-order valence-electron chi connectivity index (χ4n) is 3.80. The molecule has 0 amide bonds. The molecule has 0 aromatic heterocycles. The Hall–Kier alpha value is -1.02. The van der Waals surface area contributed by atoms with Crippen molar-refractivity contribution in [2.75, 3.05) is 14.2 Å². The molecule has 1 aliphatic rings. The molecule has 2 heteroatoms. The van der Waals surface area contributed by atoms with Crippen LogP contribution in [0.2, 0.25) is 0 Å². The summed E-state index contributed by atoms with van der Waals surface area (Å²) in [6.45, 7) is 6.73. The molecule has 1 N–H and O–H groups in total. The summed E-state index contributed by atoms with van der Waals surface area (Å²) in [5.74, 6) is 2.62. The van der Waals surface area contributed by atoms with Gasteiger partial charge in [-0.3, -0.25) is 0 Å². The van der Waals surface area contributed by atoms with E-state index < -0.39 is 0 Å². The summed E-state index contributed by atoms with van der Waals surface area (Å²) in [5, 5.41) is 3.57. The fraction of sp³-hybridized carbons (Fsp3) is 0.667. The maximum atomic E-state index is 5.44. The fourth-order valence-corrected chi connectivity index (χ4v) is 3.80. The number of rotatable bonds is 4. The maximum Gasteiger partial charge on any atom is 0.122 e. The highest BCUT2D eigenvalue weighted by Gasteiger charge is 2.28. The van der Waals surface area contributed by atoms with E-state index in [1.165, 1.54) is 42.4 Å². The summed E-state index contributed by atoms with van der Waals surface area (Å²) in [7, 11) is 3.85. The number of hydrogen-bond donors (Lipinski definition) is 1. The van der Waals surface area contributed by atoms with E-state index in [0.717, 1.165) is 17.6 Å². The van der Waals surface area contributed by atoms with Crippen LogP contribution in [0.25, 0.3) is 0 Å². The number of ether oxygens (including phenoxy) is 1. The molecule has 2 nitrogen and oxygen atoms in total. The number of aryl methyl sites for hydroxylation is 2. The third kappa shape index (κ3) is 3.17. The van der Waals surface area contributed by atoms with Gasteiger partial charge in [0.05, 0.1) is 7.11 Å². The van der Waals surface area contributed by atoms with Gasteiger partial charge >= 0.3 is 0 Å². The molecule has 1 fully saturated rings. The normalized spacial score (nSPS) is 24.4. The average Bonchev–Trinajstić information content (AvgIpc) is 2.43. The minimum absolute atomic E-state index is 0.474. The highest BCUT2D eigenvalue weighted by Crippen LogP contribution is 2.39. The van der Waals surface area contributed by atoms with E-state index in [1.807, 2.05) is 0 Å². The molecule has 3 unspecified atom stereocenters. The van der Waals surface area contributed by atoms with Crippen molar-refractivity contribution in [2.24, 2.45) is 11.8 Å². The number of nitrogens with one attached hydrogen (secondary N) is 1. The van der Waals surface area contributed by atoms with Gasteiger partial charge < -0.3 is 10.1 Å². The van der Waals surface area contributed by atoms with Crippen LogP contribution in [-0.4, -0.2) is 14.2 Å². The van der Waals surface area contributed by atoms with Crippen molar-refractivity contribution in [1.29, 1.82) is 0 Å². The molecule has 0 aliphatic heterocycles. The second-order valence-electron chi connectivity index (χ2n) is 6.48. The molecule has 0 bridgehead atoms. The van der Waals surface area contributed by atoms with Crippen LogP contribution in [0, 0.1) is 25.7 Å². The second-order valence-corrected chi connectivity index (χ2v) is 6.48. The van der Waals surface area contributed by atoms with Crippen molar-refractivity contribution >= 4 is 0 Å². The van der Waals surface area contributed by atoms with Crippen molar-refractivity contribution < 1.29 is 4.74 Å². The van der Waals surface area contributed by atoms with E-state index in [1.54, 1.807) is 7.11 Å². The molecule has 1 aliphatic carbocycles. The van der Waals surface area contributed by atoms with Gasteiger partial charge in [0.15, 0.2) is 0 Å². The van der Waals surface area contributed by atoms with Crippen molar-refractivity contribution in [3.05, 3.63) is 28.8 Å². The van der Waals surface area contributed by atoms with Crippen molar-refractivity contribution in [1.82, 2.24) is 5.32 Å². The zero-order chi connectivity index (χ0) is 14.7. The molecule has 3 atom stereocenters. The third-order valence-electron chi connectivity index (χ3n) is 4.88. The summed E-state index contributed by atoms with van der Waals surface area (Å²) in [6.07, 6.45) is 5.46. The van der Waals surface area contributed by atoms with E-state index in [-0.39, 0.29) is 0 Å². The lowest BCUT2D eigenvalue weighted by molar-refractivity contribution is 0.229. The van der Waals surface area contributed by atoms with E-state index >= 15 is 0 Å². The third-order valence-corrected chi connectivity index (χ3v) is 4.88. The van der Waals surface area contributed by atoms with Gasteiger partial charge in [-0.1, -0.05) is 25.8 Å². The van der Waals surface area contributed by atoms with Crippen molar-refractivity contribution in [3.8, 4) is 5.75 Å². The SMILES string of the molecule is CNC(c1cc(C)c(OC)cc1C)C1CCCC(C)C1. The Bertz CT molecular complexity index is 455. The first-order valence-corrected chi connectivity index (χ1v) is 7.89. The molecular formula is C18H29NO. The summed E-state index contributed by atoms with van der Waals surface area (Å²) in [6, 6.07) is 4.97. The molecule has 112 valence electrons. The molecule has 0 spiro atoms. The lowest BCUT2D eigenvalue weighted by Crippen LogP contribution is -2.29. The smallest absolute Gasteiger partial charge is 0.122 e. The van der Waals surface area contributed by atoms with E-state index in [4.69, 9.17) is 4.74 Å². The van der Waals surface area contributed by atoms with Crippen molar-refractivity contribution in [3.63, 3.8) is 0 Å². The highest BCUT2D eigenvalue weighted by atomic mass is 16.5. The molecule has 2 rings (SSSR count). The van der Waals surface area contributed by atoms with Gasteiger partial charge in [0.1, 0.15) is 5.75 Å². The average molecular weight is 275 g/mol. The van der Waals surface area contributed by atoms with E-state index in [0.29, 0.717) is 6.04 Å². The van der Waals surface area contributed by atoms with Gasteiger partial charge in [0, 0.05) is 6.04 Å². The van der Waals surface area contributed by atoms with Gasteiger partial charge in [0.25, 0.3) is 0 Å². The first-order chi connectivity index (χ1) is 9.56. The number of methoxy groups -OCH3 is 1. The maximum absolute atomic E-state index is 5.44. The minimum Gasteiger partial charge on any atom is -0.496 e. The molecular weight excluding hydrogens is 246 g/mol. The van der Waals surface area contributed by atoms with Crippen molar-refractivity contribution in [2.45, 2.75) is 52.5 Å². The van der Waals surface area contributed by atoms with Crippen LogP contribution in [-0.2, 0) is 0 Å². The lowest BCUT2D eigenvalue weighted by Gasteiger charge is -2.34. The molecule has 1 aromatic carbocycles. The van der Waals surface area contributed by atoms with Gasteiger partial charge in [-0.05, 0) is 68.3 Å². The summed E-state index contributed by atoms with van der Waals surface area (Å²) >= 11 is 0. The predicted molar refractivity (Wildman–Crippen MR) is 85.4 cm³/mol. The Morgan fingerprint density at radius 2 is 1.95 bits per heavy atom. The van der Waals surface area contributed by atoms with Crippen LogP contribution in [0.5, 0.6) is 5.75 Å². The van der Waals surface area contributed by atoms with E-state index in [2.05, 4.69) is 45.3 Å². The van der Waals surface area contributed by atoms with Gasteiger partial charge in [-0.15, -0.1) is 0 Å². The topological polar surface area (TPSA) is 21.3 Å². The Kier molecular flexibility index (Phi) is 5.09. The van der Waals surface area contributed by atoms with Crippen LogP contribution in [0.4, 0.5) is 0 Å². The quantitative estimate of drug-likeness (QED) is 0.879. The first-order valence-electron chi connectivity index (χ1n) is 7.89. The predicted octanol–water partition coefficient (Wildman–Crippen LogP) is 4.40. The van der Waals surface area contributed by atoms with Crippen LogP contribution in [0.1, 0.15) is 55.3 Å². The van der Waals surface area contributed by atoms with Crippen LogP contribution < -0.4 is 10.1 Å².